The highest BCUT2D eigenvalue weighted by Gasteiger charge is 2.10. The van der Waals surface area contributed by atoms with Crippen LogP contribution >= 0.6 is 0 Å². The average molecular weight is 267 g/mol. The van der Waals surface area contributed by atoms with Gasteiger partial charge in [0.2, 0.25) is 0 Å². The number of benzene rings is 1. The van der Waals surface area contributed by atoms with Gasteiger partial charge < -0.3 is 10.1 Å². The van der Waals surface area contributed by atoms with Gasteiger partial charge in [-0.15, -0.1) is 0 Å². The molecule has 0 aliphatic heterocycles. The average Bonchev–Trinajstić information content (AvgIpc) is 2.36. The van der Waals surface area contributed by atoms with Crippen molar-refractivity contribution in [1.29, 1.82) is 0 Å². The molecule has 108 valence electrons. The number of ether oxygens (including phenoxy) is 1. The topological polar surface area (TPSA) is 21.3 Å². The lowest BCUT2D eigenvalue weighted by atomic mass is 10.1. The molecule has 0 spiro atoms. The van der Waals surface area contributed by atoms with Crippen LogP contribution in [0, 0.1) is 5.82 Å². The van der Waals surface area contributed by atoms with E-state index in [2.05, 4.69) is 19.2 Å². The molecule has 0 unspecified atom stereocenters. The van der Waals surface area contributed by atoms with Gasteiger partial charge in [-0.25, -0.2) is 4.39 Å². The molecule has 0 aliphatic carbocycles. The lowest BCUT2D eigenvalue weighted by Crippen LogP contribution is -2.20. The molecule has 0 fully saturated rings. The summed E-state index contributed by atoms with van der Waals surface area (Å²) < 4.78 is 19.3. The Bertz CT molecular complexity index is 379. The fourth-order valence-corrected chi connectivity index (χ4v) is 1.95. The molecule has 0 heterocycles. The molecule has 0 saturated carbocycles. The number of halogens is 1. The number of hydrogen-bond acceptors (Lipinski definition) is 2. The second-order valence-electron chi connectivity index (χ2n) is 5.24. The van der Waals surface area contributed by atoms with Gasteiger partial charge in [-0.2, -0.15) is 0 Å². The molecule has 0 saturated heterocycles. The second-order valence-corrected chi connectivity index (χ2v) is 5.24. The van der Waals surface area contributed by atoms with E-state index in [1.165, 1.54) is 12.8 Å². The zero-order valence-corrected chi connectivity index (χ0v) is 12.5. The Morgan fingerprint density at radius 3 is 2.53 bits per heavy atom. The van der Waals surface area contributed by atoms with Gasteiger partial charge in [0.15, 0.2) is 11.6 Å². The second kappa shape index (κ2) is 8.16. The van der Waals surface area contributed by atoms with Crippen LogP contribution in [0.2, 0.25) is 0 Å². The third kappa shape index (κ3) is 5.60. The van der Waals surface area contributed by atoms with E-state index < -0.39 is 0 Å². The van der Waals surface area contributed by atoms with Crippen LogP contribution in [0.5, 0.6) is 5.75 Å². The first-order valence-electron chi connectivity index (χ1n) is 7.24. The SMILES string of the molecule is CCCCCN[C@@H](C)c1ccc(OC(C)C)c(F)c1. The zero-order valence-electron chi connectivity index (χ0n) is 12.5. The standard InChI is InChI=1S/C16H26FNO/c1-5-6-7-10-18-13(4)14-8-9-16(15(17)11-14)19-12(2)3/h8-9,11-13,18H,5-7,10H2,1-4H3/t13-/m0/s1. The molecule has 0 amide bonds. The molecular weight excluding hydrogens is 241 g/mol. The Morgan fingerprint density at radius 2 is 1.95 bits per heavy atom. The Balaban J connectivity index is 2.56. The van der Waals surface area contributed by atoms with Gasteiger partial charge in [-0.05, 0) is 51.4 Å². The van der Waals surface area contributed by atoms with Crippen molar-refractivity contribution in [3.05, 3.63) is 29.6 Å². The summed E-state index contributed by atoms with van der Waals surface area (Å²) in [7, 11) is 0. The van der Waals surface area contributed by atoms with Gasteiger partial charge in [-0.1, -0.05) is 25.8 Å². The Hall–Kier alpha value is -1.09. The maximum absolute atomic E-state index is 13.9. The highest BCUT2D eigenvalue weighted by Crippen LogP contribution is 2.23. The van der Waals surface area contributed by atoms with E-state index in [4.69, 9.17) is 4.74 Å². The van der Waals surface area contributed by atoms with E-state index in [-0.39, 0.29) is 18.0 Å². The molecule has 1 aromatic rings. The summed E-state index contributed by atoms with van der Waals surface area (Å²) in [5.41, 5.74) is 0.963. The van der Waals surface area contributed by atoms with Crippen molar-refractivity contribution in [1.82, 2.24) is 5.32 Å². The lowest BCUT2D eigenvalue weighted by Gasteiger charge is -2.16. The maximum atomic E-state index is 13.9. The van der Waals surface area contributed by atoms with E-state index in [9.17, 15) is 4.39 Å². The Kier molecular flexibility index (Phi) is 6.85. The number of unbranched alkanes of at least 4 members (excludes halogenated alkanes) is 2. The van der Waals surface area contributed by atoms with Crippen LogP contribution in [-0.2, 0) is 0 Å². The van der Waals surface area contributed by atoms with E-state index in [1.54, 1.807) is 12.1 Å². The Morgan fingerprint density at radius 1 is 1.21 bits per heavy atom. The van der Waals surface area contributed by atoms with Gasteiger partial charge in [0.05, 0.1) is 6.10 Å². The molecule has 0 radical (unpaired) electrons. The van der Waals surface area contributed by atoms with Gasteiger partial charge >= 0.3 is 0 Å². The van der Waals surface area contributed by atoms with Crippen LogP contribution in [-0.4, -0.2) is 12.6 Å². The Labute approximate surface area is 116 Å². The van der Waals surface area contributed by atoms with Crippen molar-refractivity contribution in [2.24, 2.45) is 0 Å². The van der Waals surface area contributed by atoms with Gasteiger partial charge in [0, 0.05) is 6.04 Å². The van der Waals surface area contributed by atoms with Gasteiger partial charge in [0.1, 0.15) is 0 Å². The summed E-state index contributed by atoms with van der Waals surface area (Å²) in [4.78, 5) is 0. The highest BCUT2D eigenvalue weighted by atomic mass is 19.1. The smallest absolute Gasteiger partial charge is 0.165 e. The van der Waals surface area contributed by atoms with Crippen molar-refractivity contribution < 1.29 is 9.13 Å². The van der Waals surface area contributed by atoms with E-state index in [0.29, 0.717) is 5.75 Å². The summed E-state index contributed by atoms with van der Waals surface area (Å²) in [5.74, 6) is 0.0466. The fraction of sp³-hybridized carbons (Fsp3) is 0.625. The molecule has 1 aromatic carbocycles. The predicted molar refractivity (Wildman–Crippen MR) is 78.1 cm³/mol. The third-order valence-corrected chi connectivity index (χ3v) is 3.05. The first kappa shape index (κ1) is 16.0. The summed E-state index contributed by atoms with van der Waals surface area (Å²) in [6.45, 7) is 9.01. The third-order valence-electron chi connectivity index (χ3n) is 3.05. The molecule has 2 nitrogen and oxygen atoms in total. The molecular formula is C16H26FNO. The fourth-order valence-electron chi connectivity index (χ4n) is 1.95. The molecule has 19 heavy (non-hydrogen) atoms. The number of hydrogen-bond donors (Lipinski definition) is 1. The van der Waals surface area contributed by atoms with Crippen LogP contribution in [0.15, 0.2) is 18.2 Å². The summed E-state index contributed by atoms with van der Waals surface area (Å²) in [6.07, 6.45) is 3.60. The molecule has 1 atom stereocenters. The van der Waals surface area contributed by atoms with Crippen LogP contribution in [0.25, 0.3) is 0 Å². The molecule has 1 rings (SSSR count). The molecule has 0 aromatic heterocycles. The number of rotatable bonds is 8. The first-order chi connectivity index (χ1) is 9.04. The lowest BCUT2D eigenvalue weighted by molar-refractivity contribution is 0.231. The summed E-state index contributed by atoms with van der Waals surface area (Å²) in [5, 5.41) is 3.41. The minimum absolute atomic E-state index is 0.00931. The largest absolute Gasteiger partial charge is 0.488 e. The van der Waals surface area contributed by atoms with Crippen molar-refractivity contribution in [2.45, 2.75) is 59.1 Å². The molecule has 0 bridgehead atoms. The van der Waals surface area contributed by atoms with E-state index in [0.717, 1.165) is 18.5 Å². The summed E-state index contributed by atoms with van der Waals surface area (Å²) in [6, 6.07) is 5.38. The first-order valence-corrected chi connectivity index (χ1v) is 7.24. The van der Waals surface area contributed by atoms with E-state index >= 15 is 0 Å². The predicted octanol–water partition coefficient (Wildman–Crippen LogP) is 4.45. The number of nitrogens with one attached hydrogen (secondary N) is 1. The normalized spacial score (nSPS) is 12.7. The monoisotopic (exact) mass is 267 g/mol. The van der Waals surface area contributed by atoms with Crippen molar-refractivity contribution >= 4 is 0 Å². The maximum Gasteiger partial charge on any atom is 0.165 e. The van der Waals surface area contributed by atoms with Crippen LogP contribution < -0.4 is 10.1 Å². The highest BCUT2D eigenvalue weighted by molar-refractivity contribution is 5.31. The minimum Gasteiger partial charge on any atom is -0.488 e. The van der Waals surface area contributed by atoms with Crippen molar-refractivity contribution in [3.8, 4) is 5.75 Å². The quantitative estimate of drug-likeness (QED) is 0.702. The molecule has 1 N–H and O–H groups in total. The zero-order chi connectivity index (χ0) is 14.3. The van der Waals surface area contributed by atoms with Gasteiger partial charge in [-0.3, -0.25) is 0 Å². The van der Waals surface area contributed by atoms with Crippen LogP contribution in [0.4, 0.5) is 4.39 Å². The van der Waals surface area contributed by atoms with Crippen molar-refractivity contribution in [3.63, 3.8) is 0 Å². The summed E-state index contributed by atoms with van der Waals surface area (Å²) >= 11 is 0. The molecule has 3 heteroatoms. The molecule has 0 aliphatic rings. The van der Waals surface area contributed by atoms with Gasteiger partial charge in [0.25, 0.3) is 0 Å². The minimum atomic E-state index is -0.284. The van der Waals surface area contributed by atoms with Crippen LogP contribution in [0.3, 0.4) is 0 Å². The van der Waals surface area contributed by atoms with Crippen molar-refractivity contribution in [2.75, 3.05) is 6.54 Å². The van der Waals surface area contributed by atoms with E-state index in [1.807, 2.05) is 19.9 Å². The van der Waals surface area contributed by atoms with Crippen LogP contribution in [0.1, 0.15) is 58.6 Å².